The first-order chi connectivity index (χ1) is 13.7. The minimum absolute atomic E-state index is 0.279. The minimum Gasteiger partial charge on any atom is -0.397 e. The van der Waals surface area contributed by atoms with Crippen molar-refractivity contribution in [3.8, 4) is 11.3 Å². The van der Waals surface area contributed by atoms with E-state index in [1.807, 2.05) is 36.4 Å². The standard InChI is InChI=1S/C21H23N7/c22-10-14-6-8-28(13-14)20-5-1-4-18(27-20)21(24)16-9-19(26-12-17(16)23)15-3-2-7-25-11-15/h1-5,7,9,11-12,14,24H,6,8,10,13,22-23H2/t14-/m0/s1. The van der Waals surface area contributed by atoms with Crippen molar-refractivity contribution in [2.24, 2.45) is 11.7 Å². The summed E-state index contributed by atoms with van der Waals surface area (Å²) in [5, 5.41) is 8.69. The second-order valence-corrected chi connectivity index (χ2v) is 6.99. The van der Waals surface area contributed by atoms with E-state index in [-0.39, 0.29) is 5.71 Å². The monoisotopic (exact) mass is 373 g/mol. The summed E-state index contributed by atoms with van der Waals surface area (Å²) in [4.78, 5) is 15.5. The van der Waals surface area contributed by atoms with Crippen molar-refractivity contribution in [2.75, 3.05) is 30.3 Å². The molecule has 0 radical (unpaired) electrons. The number of hydrogen-bond acceptors (Lipinski definition) is 7. The molecule has 0 saturated carbocycles. The van der Waals surface area contributed by atoms with E-state index in [2.05, 4.69) is 14.9 Å². The number of nitrogen functional groups attached to an aromatic ring is 1. The number of nitrogens with two attached hydrogens (primary N) is 2. The normalized spacial score (nSPS) is 16.3. The number of anilines is 2. The number of nitrogens with zero attached hydrogens (tertiary/aromatic N) is 4. The highest BCUT2D eigenvalue weighted by molar-refractivity contribution is 6.13. The number of nitrogens with one attached hydrogen (secondary N) is 1. The van der Waals surface area contributed by atoms with Gasteiger partial charge < -0.3 is 16.4 Å². The summed E-state index contributed by atoms with van der Waals surface area (Å²) in [6.45, 7) is 2.54. The number of rotatable bonds is 5. The third kappa shape index (κ3) is 3.57. The summed E-state index contributed by atoms with van der Waals surface area (Å²) >= 11 is 0. The van der Waals surface area contributed by atoms with Gasteiger partial charge in [-0.25, -0.2) is 4.98 Å². The third-order valence-corrected chi connectivity index (χ3v) is 5.10. The van der Waals surface area contributed by atoms with Crippen LogP contribution in [-0.2, 0) is 0 Å². The van der Waals surface area contributed by atoms with Gasteiger partial charge in [-0.3, -0.25) is 15.4 Å². The smallest absolute Gasteiger partial charge is 0.129 e. The van der Waals surface area contributed by atoms with E-state index in [1.54, 1.807) is 18.6 Å². The van der Waals surface area contributed by atoms with Gasteiger partial charge in [-0.2, -0.15) is 0 Å². The summed E-state index contributed by atoms with van der Waals surface area (Å²) < 4.78 is 0. The minimum atomic E-state index is 0.279. The van der Waals surface area contributed by atoms with Gasteiger partial charge in [0, 0.05) is 36.6 Å². The first-order valence-corrected chi connectivity index (χ1v) is 9.33. The molecule has 3 aromatic heterocycles. The fourth-order valence-corrected chi connectivity index (χ4v) is 3.46. The lowest BCUT2D eigenvalue weighted by atomic mass is 10.0. The highest BCUT2D eigenvalue weighted by atomic mass is 15.2. The van der Waals surface area contributed by atoms with E-state index in [1.165, 1.54) is 0 Å². The topological polar surface area (TPSA) is 118 Å². The first-order valence-electron chi connectivity index (χ1n) is 9.33. The van der Waals surface area contributed by atoms with Crippen LogP contribution in [0.5, 0.6) is 0 Å². The van der Waals surface area contributed by atoms with Gasteiger partial charge in [0.25, 0.3) is 0 Å². The van der Waals surface area contributed by atoms with Gasteiger partial charge in [-0.15, -0.1) is 0 Å². The molecular formula is C21H23N7. The fourth-order valence-electron chi connectivity index (χ4n) is 3.46. The predicted octanol–water partition coefficient (Wildman–Crippen LogP) is 2.32. The highest BCUT2D eigenvalue weighted by Crippen LogP contribution is 2.25. The maximum Gasteiger partial charge on any atom is 0.129 e. The van der Waals surface area contributed by atoms with Crippen LogP contribution in [0.3, 0.4) is 0 Å². The zero-order valence-electron chi connectivity index (χ0n) is 15.5. The molecule has 0 bridgehead atoms. The summed E-state index contributed by atoms with van der Waals surface area (Å²) in [7, 11) is 0. The molecule has 0 amide bonds. The second-order valence-electron chi connectivity index (χ2n) is 6.99. The van der Waals surface area contributed by atoms with E-state index in [0.29, 0.717) is 29.4 Å². The van der Waals surface area contributed by atoms with Crippen molar-refractivity contribution >= 4 is 17.2 Å². The van der Waals surface area contributed by atoms with Gasteiger partial charge in [0.15, 0.2) is 0 Å². The molecule has 4 rings (SSSR count). The van der Waals surface area contributed by atoms with E-state index in [4.69, 9.17) is 21.9 Å². The molecule has 1 aliphatic rings. The zero-order valence-corrected chi connectivity index (χ0v) is 15.5. The molecule has 4 heterocycles. The van der Waals surface area contributed by atoms with Crippen LogP contribution in [0, 0.1) is 11.3 Å². The van der Waals surface area contributed by atoms with Crippen molar-refractivity contribution in [3.63, 3.8) is 0 Å². The van der Waals surface area contributed by atoms with Crippen LogP contribution in [0.1, 0.15) is 17.7 Å². The van der Waals surface area contributed by atoms with Gasteiger partial charge in [0.1, 0.15) is 5.82 Å². The molecule has 1 saturated heterocycles. The van der Waals surface area contributed by atoms with Gasteiger partial charge in [-0.1, -0.05) is 6.07 Å². The molecule has 1 atom stereocenters. The van der Waals surface area contributed by atoms with Crippen LogP contribution in [-0.4, -0.2) is 40.3 Å². The van der Waals surface area contributed by atoms with Crippen LogP contribution in [0.25, 0.3) is 11.3 Å². The molecule has 1 fully saturated rings. The van der Waals surface area contributed by atoms with Crippen LogP contribution in [0.15, 0.2) is 55.0 Å². The average molecular weight is 373 g/mol. The maximum atomic E-state index is 8.69. The molecule has 5 N–H and O–H groups in total. The van der Waals surface area contributed by atoms with Crippen LogP contribution < -0.4 is 16.4 Å². The van der Waals surface area contributed by atoms with E-state index in [9.17, 15) is 0 Å². The molecule has 3 aromatic rings. The number of pyridine rings is 3. The van der Waals surface area contributed by atoms with Gasteiger partial charge in [-0.05, 0) is 49.2 Å². The molecule has 28 heavy (non-hydrogen) atoms. The van der Waals surface area contributed by atoms with Gasteiger partial charge in [0.2, 0.25) is 0 Å². The van der Waals surface area contributed by atoms with Crippen LogP contribution in [0.2, 0.25) is 0 Å². The fraction of sp³-hybridized carbons (Fsp3) is 0.238. The molecule has 0 spiro atoms. The van der Waals surface area contributed by atoms with Gasteiger partial charge in [0.05, 0.1) is 29.0 Å². The lowest BCUT2D eigenvalue weighted by Crippen LogP contribution is -2.24. The maximum absolute atomic E-state index is 8.69. The molecule has 0 aromatic carbocycles. The molecule has 1 aliphatic heterocycles. The van der Waals surface area contributed by atoms with Crippen molar-refractivity contribution in [1.82, 2.24) is 15.0 Å². The average Bonchev–Trinajstić information content (AvgIpc) is 3.24. The zero-order chi connectivity index (χ0) is 19.5. The Bertz CT molecular complexity index is 987. The third-order valence-electron chi connectivity index (χ3n) is 5.10. The molecule has 0 aliphatic carbocycles. The molecule has 0 unspecified atom stereocenters. The van der Waals surface area contributed by atoms with E-state index >= 15 is 0 Å². The quantitative estimate of drug-likeness (QED) is 0.591. The Hall–Kier alpha value is -3.32. The summed E-state index contributed by atoms with van der Waals surface area (Å²) in [6, 6.07) is 11.4. The Morgan fingerprint density at radius 1 is 1.21 bits per heavy atom. The summed E-state index contributed by atoms with van der Waals surface area (Å²) in [5.74, 6) is 1.38. The van der Waals surface area contributed by atoms with Gasteiger partial charge >= 0.3 is 0 Å². The highest BCUT2D eigenvalue weighted by Gasteiger charge is 2.23. The molecule has 7 nitrogen and oxygen atoms in total. The lowest BCUT2D eigenvalue weighted by molar-refractivity contribution is 0.602. The Balaban J connectivity index is 1.64. The summed E-state index contributed by atoms with van der Waals surface area (Å²) in [6.07, 6.45) is 6.12. The Morgan fingerprint density at radius 3 is 2.86 bits per heavy atom. The summed E-state index contributed by atoms with van der Waals surface area (Å²) in [5.41, 5.74) is 15.5. The van der Waals surface area contributed by atoms with E-state index < -0.39 is 0 Å². The van der Waals surface area contributed by atoms with Crippen LogP contribution >= 0.6 is 0 Å². The SMILES string of the molecule is N=C(c1cccc(N2CC[C@@H](CN)C2)n1)c1cc(-c2cccnc2)ncc1N. The van der Waals surface area contributed by atoms with Crippen molar-refractivity contribution in [3.05, 3.63) is 66.2 Å². The largest absolute Gasteiger partial charge is 0.397 e. The van der Waals surface area contributed by atoms with Crippen molar-refractivity contribution in [2.45, 2.75) is 6.42 Å². The number of aromatic nitrogens is 3. The molecule has 142 valence electrons. The molecular weight excluding hydrogens is 350 g/mol. The van der Waals surface area contributed by atoms with Crippen molar-refractivity contribution < 1.29 is 0 Å². The molecule has 7 heteroatoms. The van der Waals surface area contributed by atoms with Crippen LogP contribution in [0.4, 0.5) is 11.5 Å². The Labute approximate surface area is 164 Å². The Kier molecular flexibility index (Phi) is 4.99. The predicted molar refractivity (Wildman–Crippen MR) is 111 cm³/mol. The Morgan fingerprint density at radius 2 is 2.11 bits per heavy atom. The second kappa shape index (κ2) is 7.74. The van der Waals surface area contributed by atoms with E-state index in [0.717, 1.165) is 36.6 Å². The van der Waals surface area contributed by atoms with Crippen molar-refractivity contribution in [1.29, 1.82) is 5.41 Å². The number of hydrogen-bond donors (Lipinski definition) is 3. The lowest BCUT2D eigenvalue weighted by Gasteiger charge is -2.18. The first kappa shape index (κ1) is 18.1.